The molecule has 2 aromatic heterocycles. The topological polar surface area (TPSA) is 56.1 Å². The van der Waals surface area contributed by atoms with Gasteiger partial charge in [0.1, 0.15) is 18.1 Å². The van der Waals surface area contributed by atoms with Gasteiger partial charge in [-0.15, -0.1) is 0 Å². The second-order valence-corrected chi connectivity index (χ2v) is 7.33. The Balaban J connectivity index is 1.32. The van der Waals surface area contributed by atoms with Crippen LogP contribution in [0, 0.1) is 0 Å². The first-order chi connectivity index (χ1) is 13.3. The number of hydrogen-bond acceptors (Lipinski definition) is 5. The van der Waals surface area contributed by atoms with Crippen molar-refractivity contribution in [3.05, 3.63) is 71.1 Å². The zero-order chi connectivity index (χ0) is 18.2. The van der Waals surface area contributed by atoms with Crippen LogP contribution in [0.25, 0.3) is 0 Å². The second kappa shape index (κ2) is 6.78. The molecule has 0 N–H and O–H groups in total. The maximum Gasteiger partial charge on any atom is 0.149 e. The standard InChI is InChI=1S/C21H23N5O/c1-15(17-4-3-16-6-10-27-20(16)11-17)25-9-5-19-18(12-25)13-26(24-19)14-21-22-7-2-8-23-21/h2-4,7-8,11,13,15H,5-6,9-10,12,14H2,1H3. The van der Waals surface area contributed by atoms with Crippen molar-refractivity contribution in [3.63, 3.8) is 0 Å². The van der Waals surface area contributed by atoms with Crippen LogP contribution >= 0.6 is 0 Å². The Bertz CT molecular complexity index is 952. The van der Waals surface area contributed by atoms with Gasteiger partial charge in [0.25, 0.3) is 0 Å². The van der Waals surface area contributed by atoms with Gasteiger partial charge in [-0.2, -0.15) is 5.10 Å². The summed E-state index contributed by atoms with van der Waals surface area (Å²) in [6, 6.07) is 8.89. The summed E-state index contributed by atoms with van der Waals surface area (Å²) in [4.78, 5) is 11.1. The molecule has 6 heteroatoms. The van der Waals surface area contributed by atoms with Gasteiger partial charge in [-0.1, -0.05) is 12.1 Å². The highest BCUT2D eigenvalue weighted by Crippen LogP contribution is 2.32. The Morgan fingerprint density at radius 3 is 2.93 bits per heavy atom. The molecule has 0 saturated heterocycles. The van der Waals surface area contributed by atoms with E-state index in [2.05, 4.69) is 46.2 Å². The quantitative estimate of drug-likeness (QED) is 0.715. The fourth-order valence-corrected chi connectivity index (χ4v) is 4.01. The fraction of sp³-hybridized carbons (Fsp3) is 0.381. The maximum absolute atomic E-state index is 5.75. The molecule has 0 radical (unpaired) electrons. The average Bonchev–Trinajstić information content (AvgIpc) is 3.33. The Hall–Kier alpha value is -2.73. The van der Waals surface area contributed by atoms with E-state index in [-0.39, 0.29) is 0 Å². The van der Waals surface area contributed by atoms with Crippen molar-refractivity contribution in [3.8, 4) is 5.75 Å². The predicted molar refractivity (Wildman–Crippen MR) is 102 cm³/mol. The summed E-state index contributed by atoms with van der Waals surface area (Å²) in [5.41, 5.74) is 5.16. The maximum atomic E-state index is 5.75. The van der Waals surface area contributed by atoms with Crippen molar-refractivity contribution < 1.29 is 4.74 Å². The van der Waals surface area contributed by atoms with Crippen LogP contribution in [-0.4, -0.2) is 37.8 Å². The first-order valence-corrected chi connectivity index (χ1v) is 9.57. The zero-order valence-corrected chi connectivity index (χ0v) is 15.5. The average molecular weight is 361 g/mol. The molecule has 1 aromatic carbocycles. The SMILES string of the molecule is CC(c1ccc2c(c1)OCC2)N1CCc2nn(Cc3ncccn3)cc2C1. The predicted octanol–water partition coefficient (Wildman–Crippen LogP) is 2.78. The molecule has 0 saturated carbocycles. The number of fused-ring (bicyclic) bond motifs is 2. The molecule has 6 nitrogen and oxygen atoms in total. The van der Waals surface area contributed by atoms with Crippen LogP contribution in [0.1, 0.15) is 41.2 Å². The first-order valence-electron chi connectivity index (χ1n) is 9.57. The van der Waals surface area contributed by atoms with E-state index in [4.69, 9.17) is 9.84 Å². The highest BCUT2D eigenvalue weighted by Gasteiger charge is 2.25. The van der Waals surface area contributed by atoms with Crippen molar-refractivity contribution in [1.82, 2.24) is 24.6 Å². The van der Waals surface area contributed by atoms with Crippen LogP contribution < -0.4 is 4.74 Å². The summed E-state index contributed by atoms with van der Waals surface area (Å²) in [6.07, 6.45) is 7.70. The molecular formula is C21H23N5O. The molecule has 0 amide bonds. The van der Waals surface area contributed by atoms with E-state index >= 15 is 0 Å². The van der Waals surface area contributed by atoms with Gasteiger partial charge in [-0.3, -0.25) is 9.58 Å². The largest absolute Gasteiger partial charge is 0.493 e. The van der Waals surface area contributed by atoms with Gasteiger partial charge >= 0.3 is 0 Å². The Kier molecular flexibility index (Phi) is 4.13. The first kappa shape index (κ1) is 16.4. The monoisotopic (exact) mass is 361 g/mol. The molecule has 5 rings (SSSR count). The molecule has 0 bridgehead atoms. The van der Waals surface area contributed by atoms with E-state index < -0.39 is 0 Å². The number of ether oxygens (including phenoxy) is 1. The van der Waals surface area contributed by atoms with Gasteiger partial charge in [0.15, 0.2) is 0 Å². The van der Waals surface area contributed by atoms with Crippen molar-refractivity contribution in [2.24, 2.45) is 0 Å². The van der Waals surface area contributed by atoms with Crippen LogP contribution in [0.4, 0.5) is 0 Å². The van der Waals surface area contributed by atoms with Crippen LogP contribution in [0.2, 0.25) is 0 Å². The molecule has 2 aliphatic heterocycles. The van der Waals surface area contributed by atoms with Gasteiger partial charge in [0, 0.05) is 56.1 Å². The minimum absolute atomic E-state index is 0.355. The fourth-order valence-electron chi connectivity index (χ4n) is 4.01. The van der Waals surface area contributed by atoms with Gasteiger partial charge in [0.2, 0.25) is 0 Å². The van der Waals surface area contributed by atoms with Crippen LogP contribution in [0.3, 0.4) is 0 Å². The van der Waals surface area contributed by atoms with E-state index in [1.54, 1.807) is 12.4 Å². The summed E-state index contributed by atoms with van der Waals surface area (Å²) in [6.45, 7) is 5.65. The highest BCUT2D eigenvalue weighted by atomic mass is 16.5. The van der Waals surface area contributed by atoms with E-state index in [0.29, 0.717) is 12.6 Å². The second-order valence-electron chi connectivity index (χ2n) is 7.33. The van der Waals surface area contributed by atoms with Crippen molar-refractivity contribution in [2.45, 2.75) is 38.9 Å². The summed E-state index contributed by atoms with van der Waals surface area (Å²) in [5, 5.41) is 4.75. The van der Waals surface area contributed by atoms with Crippen LogP contribution in [-0.2, 0) is 25.9 Å². The van der Waals surface area contributed by atoms with E-state index in [9.17, 15) is 0 Å². The molecule has 0 fully saturated rings. The Labute approximate surface area is 158 Å². The van der Waals surface area contributed by atoms with Gasteiger partial charge in [-0.25, -0.2) is 9.97 Å². The third-order valence-electron chi connectivity index (χ3n) is 5.61. The molecule has 0 aliphatic carbocycles. The van der Waals surface area contributed by atoms with Crippen LogP contribution in [0.5, 0.6) is 5.75 Å². The molecule has 3 aromatic rings. The number of rotatable bonds is 4. The molecule has 4 heterocycles. The normalized spacial score (nSPS) is 17.2. The van der Waals surface area contributed by atoms with Crippen molar-refractivity contribution >= 4 is 0 Å². The van der Waals surface area contributed by atoms with Gasteiger partial charge < -0.3 is 4.74 Å². The number of nitrogens with zero attached hydrogens (tertiary/aromatic N) is 5. The molecule has 2 aliphatic rings. The Morgan fingerprint density at radius 1 is 1.15 bits per heavy atom. The lowest BCUT2D eigenvalue weighted by molar-refractivity contribution is 0.191. The number of benzene rings is 1. The molecule has 1 unspecified atom stereocenters. The third kappa shape index (κ3) is 3.21. The lowest BCUT2D eigenvalue weighted by Crippen LogP contribution is -2.32. The smallest absolute Gasteiger partial charge is 0.149 e. The number of aromatic nitrogens is 4. The Morgan fingerprint density at radius 2 is 2.04 bits per heavy atom. The highest BCUT2D eigenvalue weighted by molar-refractivity contribution is 5.41. The van der Waals surface area contributed by atoms with Gasteiger partial charge in [0.05, 0.1) is 12.3 Å². The lowest BCUT2D eigenvalue weighted by Gasteiger charge is -2.32. The van der Waals surface area contributed by atoms with E-state index in [1.165, 1.54) is 22.4 Å². The van der Waals surface area contributed by atoms with Crippen molar-refractivity contribution in [2.75, 3.05) is 13.2 Å². The van der Waals surface area contributed by atoms with Crippen molar-refractivity contribution in [1.29, 1.82) is 0 Å². The number of hydrogen-bond donors (Lipinski definition) is 0. The zero-order valence-electron chi connectivity index (χ0n) is 15.5. The van der Waals surface area contributed by atoms with E-state index in [1.807, 2.05) is 10.7 Å². The van der Waals surface area contributed by atoms with Gasteiger partial charge in [-0.05, 0) is 30.2 Å². The molecular weight excluding hydrogens is 338 g/mol. The summed E-state index contributed by atoms with van der Waals surface area (Å²) < 4.78 is 7.72. The summed E-state index contributed by atoms with van der Waals surface area (Å²) in [7, 11) is 0. The molecule has 138 valence electrons. The molecule has 27 heavy (non-hydrogen) atoms. The third-order valence-corrected chi connectivity index (χ3v) is 5.61. The van der Waals surface area contributed by atoms with Crippen LogP contribution in [0.15, 0.2) is 42.9 Å². The summed E-state index contributed by atoms with van der Waals surface area (Å²) in [5.74, 6) is 1.86. The molecule has 0 spiro atoms. The lowest BCUT2D eigenvalue weighted by atomic mass is 10.0. The minimum Gasteiger partial charge on any atom is -0.493 e. The van der Waals surface area contributed by atoms with E-state index in [0.717, 1.165) is 44.1 Å². The minimum atomic E-state index is 0.355. The molecule has 1 atom stereocenters. The summed E-state index contributed by atoms with van der Waals surface area (Å²) >= 11 is 0.